The van der Waals surface area contributed by atoms with Gasteiger partial charge < -0.3 is 4.42 Å². The normalized spacial score (nSPS) is 14.6. The maximum atomic E-state index is 12.5. The van der Waals surface area contributed by atoms with Crippen molar-refractivity contribution < 1.29 is 12.8 Å². The van der Waals surface area contributed by atoms with Gasteiger partial charge in [0.15, 0.2) is 0 Å². The summed E-state index contributed by atoms with van der Waals surface area (Å²) in [4.78, 5) is 13.9. The summed E-state index contributed by atoms with van der Waals surface area (Å²) in [5.74, 6) is 0. The molecule has 0 saturated heterocycles. The summed E-state index contributed by atoms with van der Waals surface area (Å²) in [5, 5.41) is 0.586. The first kappa shape index (κ1) is 21.7. The lowest BCUT2D eigenvalue weighted by molar-refractivity contribution is 0.248. The van der Waals surface area contributed by atoms with Crippen LogP contribution in [0, 0.1) is 0 Å². The van der Waals surface area contributed by atoms with Gasteiger partial charge in [0.05, 0.1) is 4.90 Å². The van der Waals surface area contributed by atoms with E-state index in [1.165, 1.54) is 35.4 Å². The highest BCUT2D eigenvalue weighted by Crippen LogP contribution is 2.19. The molecule has 0 fully saturated rings. The van der Waals surface area contributed by atoms with E-state index in [1.54, 1.807) is 6.07 Å². The summed E-state index contributed by atoms with van der Waals surface area (Å²) in [6.07, 6.45) is 5.15. The van der Waals surface area contributed by atoms with Crippen molar-refractivity contribution in [1.29, 1.82) is 0 Å². The maximum Gasteiger partial charge on any atom is 0.336 e. The third kappa shape index (κ3) is 5.61. The molecule has 3 aromatic rings. The van der Waals surface area contributed by atoms with Crippen LogP contribution in [0.4, 0.5) is 0 Å². The molecular formula is C24H28N2O4S. The average Bonchev–Trinajstić information content (AvgIpc) is 2.78. The second-order valence-electron chi connectivity index (χ2n) is 8.06. The highest BCUT2D eigenvalue weighted by molar-refractivity contribution is 7.89. The molecule has 6 nitrogen and oxygen atoms in total. The molecule has 1 N–H and O–H groups in total. The van der Waals surface area contributed by atoms with E-state index < -0.39 is 15.6 Å². The van der Waals surface area contributed by atoms with E-state index in [9.17, 15) is 13.2 Å². The lowest BCUT2D eigenvalue weighted by Crippen LogP contribution is -2.31. The molecule has 0 unspecified atom stereocenters. The van der Waals surface area contributed by atoms with Crippen LogP contribution in [0.5, 0.6) is 0 Å². The second kappa shape index (κ2) is 9.77. The van der Waals surface area contributed by atoms with Gasteiger partial charge in [-0.3, -0.25) is 4.90 Å². The highest BCUT2D eigenvalue weighted by Gasteiger charge is 2.16. The van der Waals surface area contributed by atoms with Crippen LogP contribution in [0.2, 0.25) is 0 Å². The predicted molar refractivity (Wildman–Crippen MR) is 122 cm³/mol. The van der Waals surface area contributed by atoms with Gasteiger partial charge in [-0.05, 0) is 61.2 Å². The van der Waals surface area contributed by atoms with Gasteiger partial charge >= 0.3 is 5.63 Å². The molecule has 7 heteroatoms. The van der Waals surface area contributed by atoms with E-state index in [-0.39, 0.29) is 4.90 Å². The number of benzene rings is 2. The average molecular weight is 441 g/mol. The monoisotopic (exact) mass is 440 g/mol. The molecule has 0 amide bonds. The fraction of sp³-hybridized carbons (Fsp3) is 0.375. The molecule has 1 aliphatic heterocycles. The molecule has 164 valence electrons. The van der Waals surface area contributed by atoms with Crippen molar-refractivity contribution in [1.82, 2.24) is 9.62 Å². The zero-order valence-electron chi connectivity index (χ0n) is 17.5. The van der Waals surface area contributed by atoms with Gasteiger partial charge in [-0.1, -0.05) is 37.1 Å². The van der Waals surface area contributed by atoms with Crippen molar-refractivity contribution in [2.75, 3.05) is 19.6 Å². The van der Waals surface area contributed by atoms with Crippen molar-refractivity contribution in [2.24, 2.45) is 0 Å². The Morgan fingerprint density at radius 1 is 0.935 bits per heavy atom. The molecule has 1 aliphatic rings. The minimum absolute atomic E-state index is 0.180. The largest absolute Gasteiger partial charge is 0.423 e. The van der Waals surface area contributed by atoms with Crippen LogP contribution < -0.4 is 10.3 Å². The quantitative estimate of drug-likeness (QED) is 0.406. The van der Waals surface area contributed by atoms with Crippen LogP contribution in [-0.2, 0) is 23.0 Å². The van der Waals surface area contributed by atoms with E-state index >= 15 is 0 Å². The number of fused-ring (bicyclic) bond motifs is 2. The Morgan fingerprint density at radius 3 is 2.61 bits per heavy atom. The van der Waals surface area contributed by atoms with Crippen LogP contribution in [0.25, 0.3) is 11.0 Å². The lowest BCUT2D eigenvalue weighted by Gasteiger charge is -2.28. The number of unbranched alkanes of at least 4 members (excludes halogenated alkanes) is 3. The smallest absolute Gasteiger partial charge is 0.336 e. The molecule has 0 radical (unpaired) electrons. The van der Waals surface area contributed by atoms with Gasteiger partial charge in [0.2, 0.25) is 10.0 Å². The molecule has 0 spiro atoms. The van der Waals surface area contributed by atoms with Crippen molar-refractivity contribution in [3.63, 3.8) is 0 Å². The van der Waals surface area contributed by atoms with Gasteiger partial charge in [-0.15, -0.1) is 0 Å². The number of rotatable bonds is 9. The van der Waals surface area contributed by atoms with Gasteiger partial charge in [-0.25, -0.2) is 17.9 Å². The summed E-state index contributed by atoms with van der Waals surface area (Å²) in [6, 6.07) is 16.0. The molecule has 0 atom stereocenters. The highest BCUT2D eigenvalue weighted by atomic mass is 32.2. The number of hydrogen-bond donors (Lipinski definition) is 1. The van der Waals surface area contributed by atoms with E-state index in [1.807, 2.05) is 0 Å². The van der Waals surface area contributed by atoms with Gasteiger partial charge in [0, 0.05) is 31.1 Å². The van der Waals surface area contributed by atoms with Crippen LogP contribution in [-0.4, -0.2) is 33.0 Å². The van der Waals surface area contributed by atoms with Crippen molar-refractivity contribution in [3.05, 3.63) is 76.1 Å². The molecule has 0 aliphatic carbocycles. The molecule has 2 heterocycles. The minimum atomic E-state index is -3.58. The first-order chi connectivity index (χ1) is 15.0. The third-order valence-electron chi connectivity index (χ3n) is 5.80. The second-order valence-corrected chi connectivity index (χ2v) is 9.83. The standard InChI is InChI=1S/C24H28N2O4S/c27-24-12-9-20-17-22(10-11-23(20)30-24)31(28,29)25-14-5-1-2-6-15-26-16-13-19-7-3-4-8-21(19)18-26/h3-4,7-12,17,25H,1-2,5-6,13-16,18H2. The van der Waals surface area contributed by atoms with E-state index in [0.717, 1.165) is 51.7 Å². The number of hydrogen-bond acceptors (Lipinski definition) is 5. The maximum absolute atomic E-state index is 12.5. The van der Waals surface area contributed by atoms with Crippen LogP contribution in [0.1, 0.15) is 36.8 Å². The minimum Gasteiger partial charge on any atom is -0.423 e. The summed E-state index contributed by atoms with van der Waals surface area (Å²) in [7, 11) is -3.58. The molecule has 0 bridgehead atoms. The Hall–Kier alpha value is -2.48. The molecular weight excluding hydrogens is 412 g/mol. The fourth-order valence-corrected chi connectivity index (χ4v) is 5.18. The Morgan fingerprint density at radius 2 is 1.74 bits per heavy atom. The molecule has 0 saturated carbocycles. The topological polar surface area (TPSA) is 79.6 Å². The third-order valence-corrected chi connectivity index (χ3v) is 7.26. The van der Waals surface area contributed by atoms with E-state index in [2.05, 4.69) is 33.9 Å². The SMILES string of the molecule is O=c1ccc2cc(S(=O)(=O)NCCCCCCN3CCc4ccccc4C3)ccc2o1. The zero-order chi connectivity index (χ0) is 21.7. The van der Waals surface area contributed by atoms with Gasteiger partial charge in [0.25, 0.3) is 0 Å². The van der Waals surface area contributed by atoms with Gasteiger partial charge in [0.1, 0.15) is 5.58 Å². The Bertz CT molecular complexity index is 1200. The van der Waals surface area contributed by atoms with Crippen molar-refractivity contribution >= 4 is 21.0 Å². The fourth-order valence-electron chi connectivity index (χ4n) is 4.07. The Labute approximate surface area is 182 Å². The molecule has 2 aromatic carbocycles. The first-order valence-electron chi connectivity index (χ1n) is 10.8. The van der Waals surface area contributed by atoms with Crippen LogP contribution >= 0.6 is 0 Å². The predicted octanol–water partition coefficient (Wildman–Crippen LogP) is 3.69. The molecule has 1 aromatic heterocycles. The van der Waals surface area contributed by atoms with E-state index in [0.29, 0.717) is 17.5 Å². The zero-order valence-corrected chi connectivity index (χ0v) is 18.4. The Kier molecular flexibility index (Phi) is 6.85. The van der Waals surface area contributed by atoms with Crippen molar-refractivity contribution in [3.8, 4) is 0 Å². The van der Waals surface area contributed by atoms with Gasteiger partial charge in [-0.2, -0.15) is 0 Å². The molecule has 31 heavy (non-hydrogen) atoms. The number of nitrogens with one attached hydrogen (secondary N) is 1. The summed E-state index contributed by atoms with van der Waals surface area (Å²) in [5.41, 5.74) is 2.84. The van der Waals surface area contributed by atoms with Crippen LogP contribution in [0.3, 0.4) is 0 Å². The Balaban J connectivity index is 1.17. The lowest BCUT2D eigenvalue weighted by atomic mass is 10.00. The van der Waals surface area contributed by atoms with E-state index in [4.69, 9.17) is 4.42 Å². The number of sulfonamides is 1. The first-order valence-corrected chi connectivity index (χ1v) is 12.3. The van der Waals surface area contributed by atoms with Crippen LogP contribution in [0.15, 0.2) is 68.7 Å². The summed E-state index contributed by atoms with van der Waals surface area (Å²) >= 11 is 0. The molecule has 4 rings (SSSR count). The van der Waals surface area contributed by atoms with Crippen molar-refractivity contribution in [2.45, 2.75) is 43.5 Å². The summed E-state index contributed by atoms with van der Waals surface area (Å²) in [6.45, 7) is 3.66. The summed E-state index contributed by atoms with van der Waals surface area (Å²) < 4.78 is 32.8. The number of nitrogens with zero attached hydrogens (tertiary/aromatic N) is 1.